The van der Waals surface area contributed by atoms with Crippen LogP contribution in [0.5, 0.6) is 0 Å². The van der Waals surface area contributed by atoms with Crippen molar-refractivity contribution in [2.24, 2.45) is 0 Å². The van der Waals surface area contributed by atoms with Crippen LogP contribution < -0.4 is 5.32 Å². The number of carboxylic acids is 1. The minimum atomic E-state index is -1.12. The SMILES string of the molecule is CN(CCCO)C(=O)Nc1c(Br)cccc1C(=O)O. The maximum atomic E-state index is 11.9. The molecule has 0 aliphatic heterocycles. The van der Waals surface area contributed by atoms with Crippen LogP contribution in [-0.2, 0) is 0 Å². The number of hydrogen-bond acceptors (Lipinski definition) is 3. The number of halogens is 1. The van der Waals surface area contributed by atoms with Gasteiger partial charge in [-0.15, -0.1) is 0 Å². The lowest BCUT2D eigenvalue weighted by atomic mass is 10.2. The number of benzene rings is 1. The van der Waals surface area contributed by atoms with E-state index < -0.39 is 12.0 Å². The van der Waals surface area contributed by atoms with Gasteiger partial charge in [0.15, 0.2) is 0 Å². The van der Waals surface area contributed by atoms with E-state index in [2.05, 4.69) is 21.2 Å². The Morgan fingerprint density at radius 3 is 2.68 bits per heavy atom. The summed E-state index contributed by atoms with van der Waals surface area (Å²) in [7, 11) is 1.57. The Balaban J connectivity index is 2.87. The number of amides is 2. The van der Waals surface area contributed by atoms with Gasteiger partial charge in [0.1, 0.15) is 0 Å². The summed E-state index contributed by atoms with van der Waals surface area (Å²) >= 11 is 3.21. The Bertz CT molecular complexity index is 479. The van der Waals surface area contributed by atoms with Gasteiger partial charge < -0.3 is 20.4 Å². The van der Waals surface area contributed by atoms with Crippen molar-refractivity contribution in [3.8, 4) is 0 Å². The monoisotopic (exact) mass is 330 g/mol. The van der Waals surface area contributed by atoms with Gasteiger partial charge in [-0.3, -0.25) is 0 Å². The van der Waals surface area contributed by atoms with Crippen LogP contribution >= 0.6 is 15.9 Å². The molecule has 0 saturated heterocycles. The van der Waals surface area contributed by atoms with Gasteiger partial charge in [0.05, 0.1) is 11.3 Å². The predicted molar refractivity (Wildman–Crippen MR) is 74.5 cm³/mol. The lowest BCUT2D eigenvalue weighted by molar-refractivity contribution is 0.0698. The van der Waals surface area contributed by atoms with Gasteiger partial charge in [-0.25, -0.2) is 9.59 Å². The highest BCUT2D eigenvalue weighted by molar-refractivity contribution is 9.10. The van der Waals surface area contributed by atoms with Crippen molar-refractivity contribution in [1.29, 1.82) is 0 Å². The van der Waals surface area contributed by atoms with E-state index in [0.717, 1.165) is 0 Å². The summed E-state index contributed by atoms with van der Waals surface area (Å²) in [5, 5.41) is 20.3. The first-order valence-corrected chi connectivity index (χ1v) is 6.41. The molecule has 0 unspecified atom stereocenters. The molecule has 0 saturated carbocycles. The van der Waals surface area contributed by atoms with E-state index in [1.54, 1.807) is 19.2 Å². The van der Waals surface area contributed by atoms with Gasteiger partial charge in [-0.05, 0) is 34.5 Å². The summed E-state index contributed by atoms with van der Waals surface area (Å²) in [6.07, 6.45) is 0.464. The average Bonchev–Trinajstić information content (AvgIpc) is 2.37. The molecule has 2 amide bonds. The molecule has 0 atom stereocenters. The number of carbonyl (C=O) groups excluding carboxylic acids is 1. The second-order valence-electron chi connectivity index (χ2n) is 3.90. The van der Waals surface area contributed by atoms with Crippen LogP contribution in [0, 0.1) is 0 Å². The number of nitrogens with zero attached hydrogens (tertiary/aromatic N) is 1. The van der Waals surface area contributed by atoms with Crippen molar-refractivity contribution in [3.05, 3.63) is 28.2 Å². The molecule has 0 radical (unpaired) electrons. The Morgan fingerprint density at radius 2 is 2.11 bits per heavy atom. The molecule has 19 heavy (non-hydrogen) atoms. The second kappa shape index (κ2) is 7.10. The lowest BCUT2D eigenvalue weighted by Crippen LogP contribution is -2.33. The molecule has 1 rings (SSSR count). The number of carboxylic acid groups (broad SMARTS) is 1. The van der Waals surface area contributed by atoms with Crippen molar-refractivity contribution in [3.63, 3.8) is 0 Å². The van der Waals surface area contributed by atoms with Crippen LogP contribution in [0.2, 0.25) is 0 Å². The Kier molecular flexibility index (Phi) is 5.78. The summed E-state index contributed by atoms with van der Waals surface area (Å²) in [6.45, 7) is 0.377. The predicted octanol–water partition coefficient (Wildman–Crippen LogP) is 1.99. The Labute approximate surface area is 119 Å². The number of rotatable bonds is 5. The number of aliphatic hydroxyl groups is 1. The van der Waals surface area contributed by atoms with Crippen LogP contribution in [-0.4, -0.2) is 47.3 Å². The van der Waals surface area contributed by atoms with Gasteiger partial charge >= 0.3 is 12.0 Å². The molecule has 0 bridgehead atoms. The third kappa shape index (κ3) is 4.22. The standard InChI is InChI=1S/C12H15BrN2O4/c1-15(6-3-7-16)12(19)14-10-8(11(17)18)4-2-5-9(10)13/h2,4-5,16H,3,6-7H2,1H3,(H,14,19)(H,17,18). The van der Waals surface area contributed by atoms with Gasteiger partial charge in [0.25, 0.3) is 0 Å². The number of hydrogen-bond donors (Lipinski definition) is 3. The fourth-order valence-corrected chi connectivity index (χ4v) is 1.91. The zero-order chi connectivity index (χ0) is 14.4. The quantitative estimate of drug-likeness (QED) is 0.770. The molecule has 1 aromatic carbocycles. The van der Waals surface area contributed by atoms with E-state index in [0.29, 0.717) is 17.4 Å². The normalized spacial score (nSPS) is 10.1. The largest absolute Gasteiger partial charge is 0.478 e. The number of urea groups is 1. The number of aromatic carboxylic acids is 1. The summed E-state index contributed by atoms with van der Waals surface area (Å²) < 4.78 is 0.497. The topological polar surface area (TPSA) is 89.9 Å². The van der Waals surface area contributed by atoms with Crippen LogP contribution in [0.4, 0.5) is 10.5 Å². The molecule has 104 valence electrons. The lowest BCUT2D eigenvalue weighted by Gasteiger charge is -2.18. The third-order valence-corrected chi connectivity index (χ3v) is 3.14. The van der Waals surface area contributed by atoms with Crippen LogP contribution in [0.1, 0.15) is 16.8 Å². The number of carbonyl (C=O) groups is 2. The summed E-state index contributed by atoms with van der Waals surface area (Å²) in [6, 6.07) is 4.22. The van der Waals surface area contributed by atoms with Crippen LogP contribution in [0.15, 0.2) is 22.7 Å². The molecule has 7 heteroatoms. The summed E-state index contributed by atoms with van der Waals surface area (Å²) in [5.74, 6) is -1.12. The summed E-state index contributed by atoms with van der Waals surface area (Å²) in [4.78, 5) is 24.3. The highest BCUT2D eigenvalue weighted by Crippen LogP contribution is 2.26. The van der Waals surface area contributed by atoms with E-state index in [4.69, 9.17) is 10.2 Å². The van der Waals surface area contributed by atoms with Crippen LogP contribution in [0.3, 0.4) is 0 Å². The smallest absolute Gasteiger partial charge is 0.337 e. The highest BCUT2D eigenvalue weighted by atomic mass is 79.9. The molecular weight excluding hydrogens is 316 g/mol. The van der Waals surface area contributed by atoms with Gasteiger partial charge in [-0.2, -0.15) is 0 Å². The molecule has 0 heterocycles. The Morgan fingerprint density at radius 1 is 1.42 bits per heavy atom. The molecule has 0 spiro atoms. The minimum Gasteiger partial charge on any atom is -0.478 e. The molecule has 6 nitrogen and oxygen atoms in total. The first-order valence-electron chi connectivity index (χ1n) is 5.62. The van der Waals surface area contributed by atoms with E-state index in [1.807, 2.05) is 0 Å². The first kappa shape index (κ1) is 15.5. The molecular formula is C12H15BrN2O4. The maximum absolute atomic E-state index is 11.9. The van der Waals surface area contributed by atoms with Crippen molar-refractivity contribution in [2.75, 3.05) is 25.5 Å². The van der Waals surface area contributed by atoms with Crippen molar-refractivity contribution in [1.82, 2.24) is 4.90 Å². The summed E-state index contributed by atoms with van der Waals surface area (Å²) in [5.41, 5.74) is 0.231. The van der Waals surface area contributed by atoms with Crippen molar-refractivity contribution < 1.29 is 19.8 Å². The number of anilines is 1. The fraction of sp³-hybridized carbons (Fsp3) is 0.333. The molecule has 0 aliphatic carbocycles. The van der Waals surface area contributed by atoms with Gasteiger partial charge in [-0.1, -0.05) is 6.07 Å². The maximum Gasteiger partial charge on any atom is 0.337 e. The zero-order valence-electron chi connectivity index (χ0n) is 10.4. The second-order valence-corrected chi connectivity index (χ2v) is 4.75. The van der Waals surface area contributed by atoms with Crippen LogP contribution in [0.25, 0.3) is 0 Å². The molecule has 0 aliphatic rings. The average molecular weight is 331 g/mol. The zero-order valence-corrected chi connectivity index (χ0v) is 12.0. The van der Waals surface area contributed by atoms with E-state index >= 15 is 0 Å². The molecule has 3 N–H and O–H groups in total. The first-order chi connectivity index (χ1) is 8.97. The number of para-hydroxylation sites is 1. The molecule has 0 aromatic heterocycles. The third-order valence-electron chi connectivity index (χ3n) is 2.47. The number of nitrogens with one attached hydrogen (secondary N) is 1. The number of aliphatic hydroxyl groups excluding tert-OH is 1. The molecule has 1 aromatic rings. The van der Waals surface area contributed by atoms with Gasteiger partial charge in [0, 0.05) is 24.7 Å². The van der Waals surface area contributed by atoms with Gasteiger partial charge in [0.2, 0.25) is 0 Å². The Hall–Kier alpha value is -1.60. The fourth-order valence-electron chi connectivity index (χ4n) is 1.44. The minimum absolute atomic E-state index is 0.00692. The molecule has 0 fully saturated rings. The van der Waals surface area contributed by atoms with E-state index in [-0.39, 0.29) is 17.9 Å². The van der Waals surface area contributed by atoms with E-state index in [1.165, 1.54) is 11.0 Å². The van der Waals surface area contributed by atoms with Crippen molar-refractivity contribution in [2.45, 2.75) is 6.42 Å². The van der Waals surface area contributed by atoms with E-state index in [9.17, 15) is 9.59 Å². The highest BCUT2D eigenvalue weighted by Gasteiger charge is 2.16. The van der Waals surface area contributed by atoms with Crippen molar-refractivity contribution >= 4 is 33.6 Å².